The van der Waals surface area contributed by atoms with E-state index in [9.17, 15) is 25.0 Å². The number of likely N-dealkylation sites (N-methyl/N-ethyl adjacent to an activating group) is 1. The average molecular weight is 498 g/mol. The summed E-state index contributed by atoms with van der Waals surface area (Å²) in [5, 5.41) is 26.0. The summed E-state index contributed by atoms with van der Waals surface area (Å²) in [7, 11) is 0. The van der Waals surface area contributed by atoms with Crippen molar-refractivity contribution >= 4 is 23.6 Å². The number of rotatable bonds is 7. The summed E-state index contributed by atoms with van der Waals surface area (Å²) in [5.74, 6) is -1.03. The molecule has 0 unspecified atom stereocenters. The number of ether oxygens (including phenoxy) is 1. The van der Waals surface area contributed by atoms with Crippen molar-refractivity contribution < 1.29 is 19.2 Å². The van der Waals surface area contributed by atoms with Gasteiger partial charge in [0.2, 0.25) is 0 Å². The fourth-order valence-electron chi connectivity index (χ4n) is 4.09. The second-order valence-electron chi connectivity index (χ2n) is 8.11. The molecule has 1 aromatic heterocycles. The Labute approximate surface area is 212 Å². The summed E-state index contributed by atoms with van der Waals surface area (Å²) in [4.78, 5) is 38.0. The lowest BCUT2D eigenvalue weighted by atomic mass is 9.93. The molecular formula is C27H23N5O5. The molecule has 0 aliphatic carbocycles. The van der Waals surface area contributed by atoms with Crippen LogP contribution in [0.5, 0.6) is 5.75 Å². The van der Waals surface area contributed by atoms with Crippen LogP contribution in [-0.4, -0.2) is 44.6 Å². The minimum absolute atomic E-state index is 0.106. The maximum atomic E-state index is 13.2. The Morgan fingerprint density at radius 2 is 1.86 bits per heavy atom. The molecular weight excluding hydrogens is 474 g/mol. The fraction of sp³-hybridized carbons (Fsp3) is 0.185. The van der Waals surface area contributed by atoms with E-state index in [0.29, 0.717) is 16.8 Å². The highest BCUT2D eigenvalue weighted by Gasteiger charge is 2.34. The first-order valence-corrected chi connectivity index (χ1v) is 11.6. The van der Waals surface area contributed by atoms with E-state index in [1.54, 1.807) is 43.8 Å². The molecule has 1 aliphatic rings. The second kappa shape index (κ2) is 10.3. The van der Waals surface area contributed by atoms with Crippen LogP contribution in [0.3, 0.4) is 0 Å². The quantitative estimate of drug-likeness (QED) is 0.204. The van der Waals surface area contributed by atoms with Crippen molar-refractivity contribution in [2.75, 3.05) is 13.2 Å². The number of hydrogen-bond donors (Lipinski definition) is 0. The maximum Gasteiger partial charge on any atom is 0.311 e. The number of hydrogen-bond acceptors (Lipinski definition) is 7. The fourth-order valence-corrected chi connectivity index (χ4v) is 4.09. The molecule has 2 aromatic carbocycles. The van der Waals surface area contributed by atoms with Crippen molar-refractivity contribution in [3.05, 3.63) is 87.1 Å². The Morgan fingerprint density at radius 3 is 2.49 bits per heavy atom. The van der Waals surface area contributed by atoms with Crippen molar-refractivity contribution in [3.63, 3.8) is 0 Å². The zero-order valence-electron chi connectivity index (χ0n) is 20.5. The summed E-state index contributed by atoms with van der Waals surface area (Å²) in [5.41, 5.74) is 2.14. The van der Waals surface area contributed by atoms with Crippen molar-refractivity contribution in [2.45, 2.75) is 20.8 Å². The molecule has 0 bridgehead atoms. The first-order chi connectivity index (χ1) is 17.8. The molecule has 2 heterocycles. The van der Waals surface area contributed by atoms with Crippen molar-refractivity contribution in [3.8, 4) is 28.8 Å². The highest BCUT2D eigenvalue weighted by atomic mass is 16.6. The summed E-state index contributed by atoms with van der Waals surface area (Å²) in [6.45, 7) is 5.31. The zero-order chi connectivity index (χ0) is 26.7. The number of benzene rings is 2. The number of nitro groups is 1. The number of nitriles is 1. The van der Waals surface area contributed by atoms with Crippen LogP contribution in [0.1, 0.15) is 26.3 Å². The molecule has 0 radical (unpaired) electrons. The van der Waals surface area contributed by atoms with Gasteiger partial charge < -0.3 is 4.74 Å². The van der Waals surface area contributed by atoms with Gasteiger partial charge in [0, 0.05) is 35.5 Å². The third-order valence-corrected chi connectivity index (χ3v) is 5.93. The molecule has 0 saturated heterocycles. The molecule has 37 heavy (non-hydrogen) atoms. The molecule has 0 N–H and O–H groups in total. The Hall–Kier alpha value is -5.04. The molecule has 10 nitrogen and oxygen atoms in total. The Bertz CT molecular complexity index is 1510. The normalized spacial score (nSPS) is 14.8. The third-order valence-electron chi connectivity index (χ3n) is 5.93. The summed E-state index contributed by atoms with van der Waals surface area (Å²) in [6.07, 6.45) is 3.26. The highest BCUT2D eigenvalue weighted by molar-refractivity contribution is 6.19. The zero-order valence-corrected chi connectivity index (χ0v) is 20.5. The van der Waals surface area contributed by atoms with Gasteiger partial charge in [-0.25, -0.2) is 4.68 Å². The van der Waals surface area contributed by atoms with E-state index in [2.05, 4.69) is 5.10 Å². The van der Waals surface area contributed by atoms with E-state index in [1.165, 1.54) is 12.1 Å². The minimum atomic E-state index is -0.632. The molecule has 4 rings (SSSR count). The number of imide groups is 1. The SMILES string of the molecule is CCOc1ccc(-c2nn(-c3ccccc3)cc2/C=C2/C(=O)N(CC)C(=O)C(C#N)=C2C)cc1[N+](=O)[O-]. The lowest BCUT2D eigenvalue weighted by Gasteiger charge is -2.26. The van der Waals surface area contributed by atoms with Crippen LogP contribution < -0.4 is 4.74 Å². The van der Waals surface area contributed by atoms with Crippen LogP contribution in [0.15, 0.2) is 71.4 Å². The summed E-state index contributed by atoms with van der Waals surface area (Å²) >= 11 is 0. The monoisotopic (exact) mass is 497 g/mol. The summed E-state index contributed by atoms with van der Waals surface area (Å²) in [6, 6.07) is 15.7. The maximum absolute atomic E-state index is 13.2. The number of carbonyl (C=O) groups excluding carboxylic acids is 2. The van der Waals surface area contributed by atoms with Gasteiger partial charge in [0.1, 0.15) is 17.3 Å². The number of aromatic nitrogens is 2. The van der Waals surface area contributed by atoms with E-state index < -0.39 is 16.7 Å². The molecule has 10 heteroatoms. The van der Waals surface area contributed by atoms with Gasteiger partial charge in [0.15, 0.2) is 5.75 Å². The van der Waals surface area contributed by atoms with Crippen molar-refractivity contribution in [1.29, 1.82) is 5.26 Å². The van der Waals surface area contributed by atoms with Crippen LogP contribution in [0.25, 0.3) is 23.0 Å². The Balaban J connectivity index is 1.96. The smallest absolute Gasteiger partial charge is 0.311 e. The molecule has 1 aliphatic heterocycles. The predicted molar refractivity (Wildman–Crippen MR) is 136 cm³/mol. The lowest BCUT2D eigenvalue weighted by molar-refractivity contribution is -0.385. The lowest BCUT2D eigenvalue weighted by Crippen LogP contribution is -2.42. The van der Waals surface area contributed by atoms with Gasteiger partial charge in [-0.15, -0.1) is 0 Å². The number of para-hydroxylation sites is 1. The van der Waals surface area contributed by atoms with E-state index in [4.69, 9.17) is 4.74 Å². The van der Waals surface area contributed by atoms with E-state index in [-0.39, 0.29) is 41.3 Å². The van der Waals surface area contributed by atoms with E-state index >= 15 is 0 Å². The molecule has 0 fully saturated rings. The van der Waals surface area contributed by atoms with Crippen LogP contribution in [0.2, 0.25) is 0 Å². The summed E-state index contributed by atoms with van der Waals surface area (Å²) < 4.78 is 7.01. The number of carbonyl (C=O) groups is 2. The standard InChI is InChI=1S/C27H23N5O5/c1-4-30-26(33)21(17(3)22(15-28)27(30)34)13-19-16-31(20-9-7-6-8-10-20)29-25(19)18-11-12-24(37-5-2)23(14-18)32(35)36/h6-14,16H,4-5H2,1-3H3/b21-13+. The number of nitrogens with zero attached hydrogens (tertiary/aromatic N) is 5. The minimum Gasteiger partial charge on any atom is -0.487 e. The largest absolute Gasteiger partial charge is 0.487 e. The topological polar surface area (TPSA) is 131 Å². The van der Waals surface area contributed by atoms with Gasteiger partial charge in [-0.05, 0) is 56.7 Å². The van der Waals surface area contributed by atoms with Crippen LogP contribution in [-0.2, 0) is 9.59 Å². The molecule has 0 spiro atoms. The van der Waals surface area contributed by atoms with Crippen LogP contribution >= 0.6 is 0 Å². The van der Waals surface area contributed by atoms with Crippen LogP contribution in [0.4, 0.5) is 5.69 Å². The first kappa shape index (κ1) is 25.1. The van der Waals surface area contributed by atoms with Gasteiger partial charge in [-0.2, -0.15) is 10.4 Å². The van der Waals surface area contributed by atoms with Crippen LogP contribution in [0, 0.1) is 21.4 Å². The number of nitro benzene ring substituents is 1. The molecule has 2 amide bonds. The Kier molecular flexibility index (Phi) is 6.97. The van der Waals surface area contributed by atoms with Gasteiger partial charge in [-0.1, -0.05) is 18.2 Å². The van der Waals surface area contributed by atoms with Gasteiger partial charge in [-0.3, -0.25) is 24.6 Å². The van der Waals surface area contributed by atoms with Crippen molar-refractivity contribution in [1.82, 2.24) is 14.7 Å². The third kappa shape index (κ3) is 4.62. The molecule has 3 aromatic rings. The predicted octanol–water partition coefficient (Wildman–Crippen LogP) is 4.46. The van der Waals surface area contributed by atoms with Gasteiger partial charge in [0.25, 0.3) is 11.8 Å². The average Bonchev–Trinajstić information content (AvgIpc) is 3.32. The highest BCUT2D eigenvalue weighted by Crippen LogP contribution is 2.35. The van der Waals surface area contributed by atoms with E-state index in [1.807, 2.05) is 36.4 Å². The van der Waals surface area contributed by atoms with Gasteiger partial charge >= 0.3 is 5.69 Å². The first-order valence-electron chi connectivity index (χ1n) is 11.6. The Morgan fingerprint density at radius 1 is 1.14 bits per heavy atom. The van der Waals surface area contributed by atoms with Gasteiger partial charge in [0.05, 0.1) is 17.2 Å². The second-order valence-corrected chi connectivity index (χ2v) is 8.11. The number of amides is 2. The molecule has 0 atom stereocenters. The molecule has 186 valence electrons. The van der Waals surface area contributed by atoms with Crippen molar-refractivity contribution in [2.24, 2.45) is 0 Å². The molecule has 0 saturated carbocycles. The van der Waals surface area contributed by atoms with E-state index in [0.717, 1.165) is 10.6 Å².